The summed E-state index contributed by atoms with van der Waals surface area (Å²) in [4.78, 5) is 22.1. The van der Waals surface area contributed by atoms with E-state index in [0.29, 0.717) is 0 Å². The monoisotopic (exact) mass is 207 g/mol. The molecule has 3 nitrogen and oxygen atoms in total. The fourth-order valence-electron chi connectivity index (χ4n) is 1.33. The maximum absolute atomic E-state index is 11.2. The van der Waals surface area contributed by atoms with E-state index in [1.165, 1.54) is 0 Å². The summed E-state index contributed by atoms with van der Waals surface area (Å²) in [6, 6.07) is 0. The average molecular weight is 207 g/mol. The van der Waals surface area contributed by atoms with Crippen LogP contribution in [0.2, 0.25) is 0 Å². The molecule has 0 spiro atoms. The second-order valence-electron chi connectivity index (χ2n) is 3.05. The van der Waals surface area contributed by atoms with E-state index < -0.39 is 0 Å². The summed E-state index contributed by atoms with van der Waals surface area (Å²) in [6.45, 7) is 0. The van der Waals surface area contributed by atoms with Gasteiger partial charge in [-0.2, -0.15) is 0 Å². The maximum Gasteiger partial charge on any atom is 0.286 e. The third kappa shape index (κ3) is 1.96. The van der Waals surface area contributed by atoms with E-state index in [4.69, 9.17) is 0 Å². The smallest absolute Gasteiger partial charge is 0.286 e. The number of hydrogen-bond acceptors (Lipinski definition) is 3. The average Bonchev–Trinajstić information content (AvgIpc) is 2.47. The van der Waals surface area contributed by atoms with Crippen molar-refractivity contribution in [1.29, 1.82) is 0 Å². The highest BCUT2D eigenvalue weighted by atomic mass is 32.2. The van der Waals surface area contributed by atoms with Gasteiger partial charge in [-0.05, 0) is 23.8 Å². The fraction of sp³-hybridized carbons (Fsp3) is 0.200. The van der Waals surface area contributed by atoms with Gasteiger partial charge in [0.05, 0.1) is 0 Å². The normalized spacial score (nSPS) is 28.6. The summed E-state index contributed by atoms with van der Waals surface area (Å²) >= 11 is 1.03. The zero-order chi connectivity index (χ0) is 9.97. The summed E-state index contributed by atoms with van der Waals surface area (Å²) in [7, 11) is 0. The summed E-state index contributed by atoms with van der Waals surface area (Å²) in [6.07, 6.45) is 10.5. The number of amides is 2. The molecule has 2 rings (SSSR count). The van der Waals surface area contributed by atoms with Gasteiger partial charge in [0.25, 0.3) is 5.24 Å². The molecule has 1 fully saturated rings. The van der Waals surface area contributed by atoms with Gasteiger partial charge in [0.1, 0.15) is 5.25 Å². The Morgan fingerprint density at radius 1 is 1.43 bits per heavy atom. The Labute approximate surface area is 85.9 Å². The molecule has 1 N–H and O–H groups in total. The summed E-state index contributed by atoms with van der Waals surface area (Å²) in [5, 5.41) is 1.64. The van der Waals surface area contributed by atoms with Crippen molar-refractivity contribution in [2.24, 2.45) is 0 Å². The van der Waals surface area contributed by atoms with E-state index in [2.05, 4.69) is 5.32 Å². The molecule has 0 radical (unpaired) electrons. The Morgan fingerprint density at radius 3 is 2.86 bits per heavy atom. The lowest BCUT2D eigenvalue weighted by atomic mass is 10.1. The molecule has 72 valence electrons. The lowest BCUT2D eigenvalue weighted by Gasteiger charge is -2.03. The minimum Gasteiger partial charge on any atom is -0.286 e. The van der Waals surface area contributed by atoms with Crippen LogP contribution < -0.4 is 5.32 Å². The highest BCUT2D eigenvalue weighted by molar-refractivity contribution is 8.15. The summed E-state index contributed by atoms with van der Waals surface area (Å²) in [5.74, 6) is -0.213. The van der Waals surface area contributed by atoms with Crippen molar-refractivity contribution in [2.45, 2.75) is 11.7 Å². The van der Waals surface area contributed by atoms with Crippen LogP contribution in [0.25, 0.3) is 0 Å². The maximum atomic E-state index is 11.2. The van der Waals surface area contributed by atoms with Crippen LogP contribution >= 0.6 is 11.8 Å². The minimum atomic E-state index is -0.353. The van der Waals surface area contributed by atoms with Crippen molar-refractivity contribution < 1.29 is 9.59 Å². The third-order valence-electron chi connectivity index (χ3n) is 1.99. The van der Waals surface area contributed by atoms with Crippen molar-refractivity contribution in [1.82, 2.24) is 5.32 Å². The first-order valence-electron chi connectivity index (χ1n) is 4.31. The number of hydrogen-bond donors (Lipinski definition) is 1. The number of allylic oxidation sites excluding steroid dienone is 5. The molecule has 14 heavy (non-hydrogen) atoms. The largest absolute Gasteiger partial charge is 0.286 e. The van der Waals surface area contributed by atoms with Crippen molar-refractivity contribution in [3.8, 4) is 0 Å². The highest BCUT2D eigenvalue weighted by Crippen LogP contribution is 2.23. The summed E-state index contributed by atoms with van der Waals surface area (Å²) < 4.78 is 0. The number of rotatable bonds is 1. The van der Waals surface area contributed by atoms with Crippen molar-refractivity contribution >= 4 is 22.9 Å². The lowest BCUT2D eigenvalue weighted by molar-refractivity contribution is -0.118. The zero-order valence-electron chi connectivity index (χ0n) is 7.40. The lowest BCUT2D eigenvalue weighted by Crippen LogP contribution is -2.23. The third-order valence-corrected chi connectivity index (χ3v) is 2.91. The Morgan fingerprint density at radius 2 is 2.29 bits per heavy atom. The zero-order valence-corrected chi connectivity index (χ0v) is 8.21. The SMILES string of the molecule is O=C1NC(=O)C(C=C2C=CC=CC2)S1. The summed E-state index contributed by atoms with van der Waals surface area (Å²) in [5.41, 5.74) is 1.08. The molecule has 0 aromatic heterocycles. The first kappa shape index (κ1) is 9.27. The first-order chi connectivity index (χ1) is 6.75. The first-order valence-corrected chi connectivity index (χ1v) is 5.19. The standard InChI is InChI=1S/C10H9NO2S/c12-9-8(14-10(13)11-9)6-7-4-2-1-3-5-7/h1-4,6,8H,5H2,(H,11,12,13). The molecule has 1 saturated heterocycles. The van der Waals surface area contributed by atoms with Crippen LogP contribution in [0.15, 0.2) is 36.0 Å². The van der Waals surface area contributed by atoms with Gasteiger partial charge in [-0.3, -0.25) is 14.9 Å². The van der Waals surface area contributed by atoms with Gasteiger partial charge >= 0.3 is 0 Å². The number of imide groups is 1. The molecule has 0 aromatic carbocycles. The fourth-order valence-corrected chi connectivity index (χ4v) is 2.13. The van der Waals surface area contributed by atoms with Gasteiger partial charge in [0.2, 0.25) is 5.91 Å². The number of carbonyl (C=O) groups excluding carboxylic acids is 2. The Bertz CT molecular complexity index is 368. The molecule has 0 aromatic rings. The number of thioether (sulfide) groups is 1. The Hall–Kier alpha value is -1.29. The molecule has 1 aliphatic carbocycles. The molecule has 4 heteroatoms. The number of nitrogens with one attached hydrogen (secondary N) is 1. The predicted octanol–water partition coefficient (Wildman–Crippen LogP) is 1.78. The predicted molar refractivity (Wildman–Crippen MR) is 55.9 cm³/mol. The molecule has 1 unspecified atom stereocenters. The molecule has 1 aliphatic heterocycles. The minimum absolute atomic E-state index is 0.213. The van der Waals surface area contributed by atoms with Gasteiger partial charge in [-0.15, -0.1) is 0 Å². The van der Waals surface area contributed by atoms with Crippen LogP contribution in [-0.2, 0) is 4.79 Å². The van der Waals surface area contributed by atoms with Crippen LogP contribution in [0.1, 0.15) is 6.42 Å². The molecule has 1 heterocycles. The van der Waals surface area contributed by atoms with Crippen LogP contribution in [0.4, 0.5) is 4.79 Å². The van der Waals surface area contributed by atoms with Gasteiger partial charge in [-0.1, -0.05) is 30.4 Å². The quantitative estimate of drug-likeness (QED) is 0.713. The molecular formula is C10H9NO2S. The molecule has 2 amide bonds. The van der Waals surface area contributed by atoms with Crippen molar-refractivity contribution in [3.05, 3.63) is 36.0 Å². The van der Waals surface area contributed by atoms with E-state index >= 15 is 0 Å². The van der Waals surface area contributed by atoms with E-state index in [1.807, 2.05) is 30.4 Å². The second-order valence-corrected chi connectivity index (χ2v) is 4.16. The van der Waals surface area contributed by atoms with Crippen LogP contribution in [-0.4, -0.2) is 16.4 Å². The van der Waals surface area contributed by atoms with Gasteiger partial charge in [-0.25, -0.2) is 0 Å². The Kier molecular flexibility index (Phi) is 2.54. The highest BCUT2D eigenvalue weighted by Gasteiger charge is 2.29. The van der Waals surface area contributed by atoms with Crippen LogP contribution in [0, 0.1) is 0 Å². The van der Waals surface area contributed by atoms with Crippen molar-refractivity contribution in [2.75, 3.05) is 0 Å². The van der Waals surface area contributed by atoms with Gasteiger partial charge < -0.3 is 0 Å². The van der Waals surface area contributed by atoms with Crippen LogP contribution in [0.3, 0.4) is 0 Å². The van der Waals surface area contributed by atoms with Gasteiger partial charge in [0, 0.05) is 0 Å². The van der Waals surface area contributed by atoms with E-state index in [-0.39, 0.29) is 16.4 Å². The van der Waals surface area contributed by atoms with E-state index in [9.17, 15) is 9.59 Å². The molecule has 1 atom stereocenters. The van der Waals surface area contributed by atoms with E-state index in [1.54, 1.807) is 0 Å². The van der Waals surface area contributed by atoms with E-state index in [0.717, 1.165) is 23.8 Å². The molecule has 2 aliphatic rings. The van der Waals surface area contributed by atoms with Crippen molar-refractivity contribution in [3.63, 3.8) is 0 Å². The van der Waals surface area contributed by atoms with Gasteiger partial charge in [0.15, 0.2) is 0 Å². The molecule has 0 bridgehead atoms. The topological polar surface area (TPSA) is 46.2 Å². The second kappa shape index (κ2) is 3.84. The number of carbonyl (C=O) groups is 2. The molecular weight excluding hydrogens is 198 g/mol. The molecule has 0 saturated carbocycles. The Balaban J connectivity index is 2.10. The van der Waals surface area contributed by atoms with Crippen LogP contribution in [0.5, 0.6) is 0 Å².